The molecule has 1 aliphatic carbocycles. The van der Waals surface area contributed by atoms with Crippen molar-refractivity contribution >= 4 is 15.8 Å². The van der Waals surface area contributed by atoms with Crippen molar-refractivity contribution in [1.29, 1.82) is 0 Å². The van der Waals surface area contributed by atoms with Crippen LogP contribution < -0.4 is 0 Å². The average Bonchev–Trinajstić information content (AvgIpc) is 2.60. The molecule has 1 atom stereocenters. The molecule has 0 radical (unpaired) electrons. The molecule has 0 aromatic heterocycles. The van der Waals surface area contributed by atoms with Crippen LogP contribution in [-0.4, -0.2) is 32.0 Å². The molecule has 2 fully saturated rings. The highest BCUT2D eigenvalue weighted by molar-refractivity contribution is 7.91. The molecule has 0 bridgehead atoms. The number of carbonyl (C=O) groups is 1. The lowest BCUT2D eigenvalue weighted by Crippen LogP contribution is -2.26. The van der Waals surface area contributed by atoms with Crippen LogP contribution in [0.4, 0.5) is 0 Å². The maximum atomic E-state index is 11.7. The van der Waals surface area contributed by atoms with Gasteiger partial charge in [0.2, 0.25) is 0 Å². The molecule has 1 heterocycles. The van der Waals surface area contributed by atoms with E-state index in [0.29, 0.717) is 6.42 Å². The Morgan fingerprint density at radius 1 is 1.06 bits per heavy atom. The van der Waals surface area contributed by atoms with E-state index in [9.17, 15) is 13.2 Å². The molecule has 2 aliphatic rings. The number of ether oxygens (including phenoxy) is 1. The highest BCUT2D eigenvalue weighted by Gasteiger charge is 2.35. The van der Waals surface area contributed by atoms with Gasteiger partial charge in [-0.1, -0.05) is 6.42 Å². The van der Waals surface area contributed by atoms with Crippen molar-refractivity contribution in [3.63, 3.8) is 0 Å². The summed E-state index contributed by atoms with van der Waals surface area (Å²) in [4.78, 5) is 11.7. The summed E-state index contributed by atoms with van der Waals surface area (Å²) >= 11 is 0. The number of carbonyl (C=O) groups excluding carboxylic acids is 1. The Morgan fingerprint density at radius 2 is 1.75 bits per heavy atom. The van der Waals surface area contributed by atoms with E-state index in [0.717, 1.165) is 25.7 Å². The Balaban J connectivity index is 1.84. The van der Waals surface area contributed by atoms with Gasteiger partial charge in [0.25, 0.3) is 0 Å². The molecule has 5 heteroatoms. The van der Waals surface area contributed by atoms with Crippen LogP contribution in [0.5, 0.6) is 0 Å². The summed E-state index contributed by atoms with van der Waals surface area (Å²) in [5.41, 5.74) is 0. The second kappa shape index (κ2) is 4.73. The number of rotatable bonds is 2. The Labute approximate surface area is 96.3 Å². The van der Waals surface area contributed by atoms with Gasteiger partial charge in [0.05, 0.1) is 17.4 Å². The number of hydrogen-bond acceptors (Lipinski definition) is 4. The molecule has 1 unspecified atom stereocenters. The van der Waals surface area contributed by atoms with E-state index >= 15 is 0 Å². The van der Waals surface area contributed by atoms with Crippen LogP contribution in [0.1, 0.15) is 38.5 Å². The summed E-state index contributed by atoms with van der Waals surface area (Å²) < 4.78 is 27.8. The largest absolute Gasteiger partial charge is 0.462 e. The fourth-order valence-corrected chi connectivity index (χ4v) is 4.15. The van der Waals surface area contributed by atoms with E-state index in [1.165, 1.54) is 6.42 Å². The van der Waals surface area contributed by atoms with Crippen LogP contribution in [0.3, 0.4) is 0 Å². The summed E-state index contributed by atoms with van der Waals surface area (Å²) in [6.45, 7) is 0. The molecule has 1 saturated carbocycles. The lowest BCUT2D eigenvalue weighted by Gasteiger charge is -2.23. The summed E-state index contributed by atoms with van der Waals surface area (Å²) in [6, 6.07) is 0. The van der Waals surface area contributed by atoms with Crippen LogP contribution in [0.25, 0.3) is 0 Å². The van der Waals surface area contributed by atoms with Gasteiger partial charge in [-0.25, -0.2) is 8.42 Å². The zero-order chi connectivity index (χ0) is 11.6. The highest BCUT2D eigenvalue weighted by atomic mass is 32.2. The predicted molar refractivity (Wildman–Crippen MR) is 59.7 cm³/mol. The van der Waals surface area contributed by atoms with Crippen molar-refractivity contribution in [1.82, 2.24) is 0 Å². The van der Waals surface area contributed by atoms with Gasteiger partial charge in [-0.15, -0.1) is 0 Å². The average molecular weight is 246 g/mol. The Hall–Kier alpha value is -0.580. The van der Waals surface area contributed by atoms with Crippen LogP contribution >= 0.6 is 0 Å². The second-order valence-corrected chi connectivity index (χ2v) is 7.03. The van der Waals surface area contributed by atoms with Crippen molar-refractivity contribution in [2.45, 2.75) is 44.6 Å². The first-order valence-electron chi connectivity index (χ1n) is 5.98. The molecule has 0 amide bonds. The SMILES string of the molecule is O=C(OC1CCCCC1)C1CCS(=O)(=O)C1. The summed E-state index contributed by atoms with van der Waals surface area (Å²) in [6.07, 6.45) is 5.78. The predicted octanol–water partition coefficient (Wildman–Crippen LogP) is 1.30. The quantitative estimate of drug-likeness (QED) is 0.689. The third kappa shape index (κ3) is 2.97. The maximum absolute atomic E-state index is 11.7. The Morgan fingerprint density at radius 3 is 2.31 bits per heavy atom. The molecular formula is C11H18O4S. The Kier molecular flexibility index (Phi) is 3.52. The molecule has 1 saturated heterocycles. The molecule has 1 aliphatic heterocycles. The van der Waals surface area contributed by atoms with Gasteiger partial charge in [0, 0.05) is 0 Å². The molecule has 92 valence electrons. The van der Waals surface area contributed by atoms with Crippen LogP contribution in [0.15, 0.2) is 0 Å². The van der Waals surface area contributed by atoms with Crippen molar-refractivity contribution in [3.05, 3.63) is 0 Å². The number of hydrogen-bond donors (Lipinski definition) is 0. The molecule has 0 N–H and O–H groups in total. The minimum absolute atomic E-state index is 0.0153. The van der Waals surface area contributed by atoms with Crippen molar-refractivity contribution in [2.24, 2.45) is 5.92 Å². The highest BCUT2D eigenvalue weighted by Crippen LogP contribution is 2.24. The smallest absolute Gasteiger partial charge is 0.310 e. The van der Waals surface area contributed by atoms with Crippen molar-refractivity contribution in [2.75, 3.05) is 11.5 Å². The van der Waals surface area contributed by atoms with Crippen LogP contribution in [0.2, 0.25) is 0 Å². The van der Waals surface area contributed by atoms with Gasteiger partial charge in [0.15, 0.2) is 9.84 Å². The van der Waals surface area contributed by atoms with Gasteiger partial charge in [-0.3, -0.25) is 4.79 Å². The van der Waals surface area contributed by atoms with E-state index in [4.69, 9.17) is 4.74 Å². The van der Waals surface area contributed by atoms with E-state index in [1.807, 2.05) is 0 Å². The van der Waals surface area contributed by atoms with Gasteiger partial charge in [-0.2, -0.15) is 0 Å². The van der Waals surface area contributed by atoms with E-state index in [2.05, 4.69) is 0 Å². The number of esters is 1. The third-order valence-corrected chi connectivity index (χ3v) is 5.17. The first kappa shape index (κ1) is 11.9. The minimum Gasteiger partial charge on any atom is -0.462 e. The van der Waals surface area contributed by atoms with Crippen LogP contribution in [0, 0.1) is 5.92 Å². The molecule has 0 aromatic rings. The molecule has 0 spiro atoms. The minimum atomic E-state index is -2.98. The van der Waals surface area contributed by atoms with E-state index < -0.39 is 15.8 Å². The third-order valence-electron chi connectivity index (χ3n) is 3.40. The molecule has 4 nitrogen and oxygen atoms in total. The topological polar surface area (TPSA) is 60.4 Å². The lowest BCUT2D eigenvalue weighted by atomic mass is 9.97. The normalized spacial score (nSPS) is 30.1. The van der Waals surface area contributed by atoms with Gasteiger partial charge >= 0.3 is 5.97 Å². The zero-order valence-corrected chi connectivity index (χ0v) is 10.2. The first-order chi connectivity index (χ1) is 7.57. The van der Waals surface area contributed by atoms with E-state index in [1.54, 1.807) is 0 Å². The monoisotopic (exact) mass is 246 g/mol. The Bertz CT molecular complexity index is 354. The maximum Gasteiger partial charge on any atom is 0.310 e. The zero-order valence-electron chi connectivity index (χ0n) is 9.35. The second-order valence-electron chi connectivity index (χ2n) is 4.80. The van der Waals surface area contributed by atoms with Crippen molar-refractivity contribution in [3.8, 4) is 0 Å². The van der Waals surface area contributed by atoms with Gasteiger partial charge in [-0.05, 0) is 32.1 Å². The lowest BCUT2D eigenvalue weighted by molar-refractivity contribution is -0.154. The molecule has 16 heavy (non-hydrogen) atoms. The number of sulfone groups is 1. The van der Waals surface area contributed by atoms with Crippen molar-refractivity contribution < 1.29 is 17.9 Å². The summed E-state index contributed by atoms with van der Waals surface area (Å²) in [5, 5.41) is 0. The molecular weight excluding hydrogens is 228 g/mol. The first-order valence-corrected chi connectivity index (χ1v) is 7.80. The summed E-state index contributed by atoms with van der Waals surface area (Å²) in [7, 11) is -2.98. The standard InChI is InChI=1S/C11H18O4S/c12-11(9-6-7-16(13,14)8-9)15-10-4-2-1-3-5-10/h9-10H,1-8H2. The van der Waals surface area contributed by atoms with Gasteiger partial charge in [0.1, 0.15) is 6.10 Å². The fraction of sp³-hybridized carbons (Fsp3) is 0.909. The summed E-state index contributed by atoms with van der Waals surface area (Å²) in [5.74, 6) is -0.587. The van der Waals surface area contributed by atoms with E-state index in [-0.39, 0.29) is 23.6 Å². The van der Waals surface area contributed by atoms with Crippen LogP contribution in [-0.2, 0) is 19.4 Å². The van der Waals surface area contributed by atoms with Gasteiger partial charge < -0.3 is 4.74 Å². The molecule has 2 rings (SSSR count). The molecule has 0 aromatic carbocycles. The fourth-order valence-electron chi connectivity index (χ4n) is 2.42.